The Morgan fingerprint density at radius 1 is 1.13 bits per heavy atom. The van der Waals surface area contributed by atoms with Crippen LogP contribution in [0.15, 0.2) is 47.3 Å². The van der Waals surface area contributed by atoms with Crippen molar-refractivity contribution in [1.29, 1.82) is 0 Å². The second kappa shape index (κ2) is 7.85. The lowest BCUT2D eigenvalue weighted by Crippen LogP contribution is -2.35. The molecule has 0 radical (unpaired) electrons. The first kappa shape index (κ1) is 20.6. The summed E-state index contributed by atoms with van der Waals surface area (Å²) in [5, 5.41) is 0.549. The Labute approximate surface area is 174 Å². The van der Waals surface area contributed by atoms with Crippen LogP contribution in [0.2, 0.25) is 5.02 Å². The fourth-order valence-corrected chi connectivity index (χ4v) is 3.66. The molecule has 156 valence electrons. The van der Waals surface area contributed by atoms with Crippen molar-refractivity contribution in [3.8, 4) is 11.4 Å². The summed E-state index contributed by atoms with van der Waals surface area (Å²) >= 11 is 5.89. The fourth-order valence-electron chi connectivity index (χ4n) is 3.53. The van der Waals surface area contributed by atoms with E-state index in [2.05, 4.69) is 9.97 Å². The Kier molecular flexibility index (Phi) is 5.38. The second-order valence-electron chi connectivity index (χ2n) is 7.08. The molecule has 4 rings (SSSR count). The summed E-state index contributed by atoms with van der Waals surface area (Å²) in [6, 6.07) is 10.1. The van der Waals surface area contributed by atoms with Crippen molar-refractivity contribution in [2.75, 3.05) is 6.54 Å². The number of alkyl halides is 3. The van der Waals surface area contributed by atoms with Crippen LogP contribution in [0.1, 0.15) is 22.4 Å². The Balaban J connectivity index is 1.61. The van der Waals surface area contributed by atoms with Crippen molar-refractivity contribution < 1.29 is 17.6 Å². The molecule has 0 fully saturated rings. The molecule has 9 heteroatoms. The van der Waals surface area contributed by atoms with Gasteiger partial charge in [-0.1, -0.05) is 23.7 Å². The molecule has 0 atom stereocenters. The lowest BCUT2D eigenvalue weighted by Gasteiger charge is -2.28. The number of nitrogens with zero attached hydrogens (tertiary/aromatic N) is 2. The van der Waals surface area contributed by atoms with Crippen molar-refractivity contribution in [2.24, 2.45) is 0 Å². The van der Waals surface area contributed by atoms with Crippen LogP contribution in [0.25, 0.3) is 11.4 Å². The van der Waals surface area contributed by atoms with E-state index in [4.69, 9.17) is 11.6 Å². The molecule has 0 saturated heterocycles. The maximum atomic E-state index is 14.4. The fraction of sp³-hybridized carbons (Fsp3) is 0.238. The summed E-state index contributed by atoms with van der Waals surface area (Å²) in [6.45, 7) is 0.628. The molecular formula is C21H16ClF4N3O. The minimum Gasteiger partial charge on any atom is -0.306 e. The first-order chi connectivity index (χ1) is 14.2. The lowest BCUT2D eigenvalue weighted by molar-refractivity contribution is -0.140. The predicted molar refractivity (Wildman–Crippen MR) is 105 cm³/mol. The Hall–Kier alpha value is -2.71. The van der Waals surface area contributed by atoms with Gasteiger partial charge in [-0.05, 0) is 36.8 Å². The van der Waals surface area contributed by atoms with Gasteiger partial charge in [0, 0.05) is 41.3 Å². The molecular weight excluding hydrogens is 422 g/mol. The van der Waals surface area contributed by atoms with E-state index in [1.807, 2.05) is 0 Å². The highest BCUT2D eigenvalue weighted by atomic mass is 35.5. The van der Waals surface area contributed by atoms with E-state index in [0.717, 1.165) is 6.07 Å². The van der Waals surface area contributed by atoms with E-state index >= 15 is 0 Å². The molecule has 0 saturated carbocycles. The number of hydrogen-bond acceptors (Lipinski definition) is 3. The van der Waals surface area contributed by atoms with Gasteiger partial charge < -0.3 is 4.98 Å². The molecule has 1 aromatic heterocycles. The van der Waals surface area contributed by atoms with Crippen molar-refractivity contribution in [3.05, 3.63) is 86.0 Å². The average molecular weight is 438 g/mol. The summed E-state index contributed by atoms with van der Waals surface area (Å²) < 4.78 is 53.3. The van der Waals surface area contributed by atoms with Crippen LogP contribution in [0.5, 0.6) is 0 Å². The zero-order valence-electron chi connectivity index (χ0n) is 15.6. The number of benzene rings is 2. The van der Waals surface area contributed by atoms with Crippen LogP contribution >= 0.6 is 11.6 Å². The third-order valence-corrected chi connectivity index (χ3v) is 5.30. The lowest BCUT2D eigenvalue weighted by atomic mass is 10.0. The number of hydrogen-bond donors (Lipinski definition) is 1. The van der Waals surface area contributed by atoms with Gasteiger partial charge in [0.1, 0.15) is 11.6 Å². The van der Waals surface area contributed by atoms with Crippen molar-refractivity contribution in [1.82, 2.24) is 14.9 Å². The summed E-state index contributed by atoms with van der Waals surface area (Å²) in [5.74, 6) is -0.890. The minimum atomic E-state index is -4.75. The highest BCUT2D eigenvalue weighted by Gasteiger charge is 2.35. The van der Waals surface area contributed by atoms with Crippen LogP contribution in [-0.4, -0.2) is 21.4 Å². The van der Waals surface area contributed by atoms with E-state index in [0.29, 0.717) is 40.6 Å². The normalized spacial score (nSPS) is 14.6. The van der Waals surface area contributed by atoms with Gasteiger partial charge in [0.2, 0.25) is 0 Å². The smallest absolute Gasteiger partial charge is 0.306 e. The molecule has 0 amide bonds. The summed E-state index contributed by atoms with van der Waals surface area (Å²) in [4.78, 5) is 21.5. The second-order valence-corrected chi connectivity index (χ2v) is 7.52. The average Bonchev–Trinajstić information content (AvgIpc) is 2.69. The van der Waals surface area contributed by atoms with Gasteiger partial charge >= 0.3 is 6.18 Å². The number of halogens is 5. The number of nitrogens with one attached hydrogen (secondary N) is 1. The molecule has 1 aliphatic heterocycles. The number of aromatic amines is 1. The van der Waals surface area contributed by atoms with Gasteiger partial charge in [0.25, 0.3) is 5.56 Å². The molecule has 0 bridgehead atoms. The molecule has 30 heavy (non-hydrogen) atoms. The van der Waals surface area contributed by atoms with E-state index in [-0.39, 0.29) is 24.2 Å². The van der Waals surface area contributed by atoms with Gasteiger partial charge in [0.15, 0.2) is 0 Å². The van der Waals surface area contributed by atoms with E-state index in [1.54, 1.807) is 29.2 Å². The maximum Gasteiger partial charge on any atom is 0.419 e. The molecule has 0 unspecified atom stereocenters. The highest BCUT2D eigenvalue weighted by molar-refractivity contribution is 6.30. The predicted octanol–water partition coefficient (Wildman–Crippen LogP) is 4.81. The number of rotatable bonds is 3. The van der Waals surface area contributed by atoms with Gasteiger partial charge in [0.05, 0.1) is 11.3 Å². The summed E-state index contributed by atoms with van der Waals surface area (Å²) in [7, 11) is 0. The quantitative estimate of drug-likeness (QED) is 0.598. The van der Waals surface area contributed by atoms with E-state index in [9.17, 15) is 22.4 Å². The van der Waals surface area contributed by atoms with E-state index < -0.39 is 17.6 Å². The van der Waals surface area contributed by atoms with Crippen LogP contribution < -0.4 is 5.56 Å². The summed E-state index contributed by atoms with van der Waals surface area (Å²) in [6.07, 6.45) is -4.38. The van der Waals surface area contributed by atoms with Crippen LogP contribution in [-0.2, 0) is 25.7 Å². The highest BCUT2D eigenvalue weighted by Crippen LogP contribution is 2.33. The van der Waals surface area contributed by atoms with Crippen LogP contribution in [0.4, 0.5) is 17.6 Å². The topological polar surface area (TPSA) is 49.0 Å². The van der Waals surface area contributed by atoms with E-state index in [1.165, 1.54) is 12.1 Å². The van der Waals surface area contributed by atoms with Crippen molar-refractivity contribution >= 4 is 11.6 Å². The standard InChI is InChI=1S/C21H16ClF4N3O/c22-14-6-4-12(5-7-14)19-27-17-11-29(9-8-15(17)20(30)28-19)10-13-2-1-3-16(18(13)23)21(24,25)26/h1-7H,8-11H2,(H,27,28,30). The Bertz CT molecular complexity index is 1140. The SMILES string of the molecule is O=c1[nH]c(-c2ccc(Cl)cc2)nc2c1CCN(Cc1cccc(C(F)(F)F)c1F)C2. The number of H-pyrrole nitrogens is 1. The molecule has 2 heterocycles. The van der Waals surface area contributed by atoms with Gasteiger partial charge in [-0.2, -0.15) is 13.2 Å². The third kappa shape index (κ3) is 4.11. The Morgan fingerprint density at radius 3 is 2.57 bits per heavy atom. The minimum absolute atomic E-state index is 0.0139. The van der Waals surface area contributed by atoms with Crippen molar-refractivity contribution in [2.45, 2.75) is 25.7 Å². The number of fused-ring (bicyclic) bond motifs is 1. The van der Waals surface area contributed by atoms with Crippen LogP contribution in [0, 0.1) is 5.82 Å². The van der Waals surface area contributed by atoms with Crippen LogP contribution in [0.3, 0.4) is 0 Å². The van der Waals surface area contributed by atoms with Gasteiger partial charge in [-0.25, -0.2) is 9.37 Å². The zero-order chi connectivity index (χ0) is 21.5. The first-order valence-corrected chi connectivity index (χ1v) is 9.55. The molecule has 4 nitrogen and oxygen atoms in total. The molecule has 3 aromatic rings. The van der Waals surface area contributed by atoms with Gasteiger partial charge in [-0.15, -0.1) is 0 Å². The maximum absolute atomic E-state index is 14.4. The molecule has 2 aromatic carbocycles. The summed E-state index contributed by atoms with van der Waals surface area (Å²) in [5.41, 5.74) is 0.166. The third-order valence-electron chi connectivity index (χ3n) is 5.05. The largest absolute Gasteiger partial charge is 0.419 e. The molecule has 0 spiro atoms. The first-order valence-electron chi connectivity index (χ1n) is 9.17. The molecule has 1 aliphatic rings. The number of aromatic nitrogens is 2. The monoisotopic (exact) mass is 437 g/mol. The van der Waals surface area contributed by atoms with Gasteiger partial charge in [-0.3, -0.25) is 9.69 Å². The van der Waals surface area contributed by atoms with Crippen molar-refractivity contribution in [3.63, 3.8) is 0 Å². The zero-order valence-corrected chi connectivity index (χ0v) is 16.3. The molecule has 0 aliphatic carbocycles. The Morgan fingerprint density at radius 2 is 1.87 bits per heavy atom. The molecule has 1 N–H and O–H groups in total.